The molecule has 2 saturated heterocycles. The Morgan fingerprint density at radius 2 is 1.95 bits per heavy atom. The molecule has 2 aliphatic rings. The molecular formula is C14H17N3O4. The Balaban J connectivity index is 1.75. The highest BCUT2D eigenvalue weighted by atomic mass is 16.4. The van der Waals surface area contributed by atoms with Crippen molar-refractivity contribution >= 4 is 11.9 Å². The van der Waals surface area contributed by atoms with Crippen molar-refractivity contribution in [2.24, 2.45) is 5.92 Å². The molecule has 2 N–H and O–H groups in total. The van der Waals surface area contributed by atoms with E-state index >= 15 is 0 Å². The van der Waals surface area contributed by atoms with Crippen LogP contribution in [0.2, 0.25) is 0 Å². The van der Waals surface area contributed by atoms with Gasteiger partial charge in [-0.1, -0.05) is 0 Å². The van der Waals surface area contributed by atoms with Gasteiger partial charge in [-0.3, -0.25) is 14.4 Å². The largest absolute Gasteiger partial charge is 0.481 e. The minimum absolute atomic E-state index is 0.0920. The van der Waals surface area contributed by atoms with Crippen LogP contribution in [0.15, 0.2) is 16.9 Å². The van der Waals surface area contributed by atoms with E-state index in [0.29, 0.717) is 0 Å². The van der Waals surface area contributed by atoms with Gasteiger partial charge in [0, 0.05) is 24.6 Å². The molecule has 1 aromatic heterocycles. The molecule has 7 nitrogen and oxygen atoms in total. The maximum absolute atomic E-state index is 12.5. The number of nitrogens with zero attached hydrogens (tertiary/aromatic N) is 2. The Bertz CT molecular complexity index is 592. The predicted molar refractivity (Wildman–Crippen MR) is 72.8 cm³/mol. The van der Waals surface area contributed by atoms with Crippen molar-refractivity contribution in [2.75, 3.05) is 0 Å². The maximum atomic E-state index is 12.5. The summed E-state index contributed by atoms with van der Waals surface area (Å²) >= 11 is 0. The summed E-state index contributed by atoms with van der Waals surface area (Å²) in [6, 6.07) is 2.91. The molecule has 0 radical (unpaired) electrons. The zero-order valence-electron chi connectivity index (χ0n) is 11.5. The van der Waals surface area contributed by atoms with Crippen LogP contribution in [0.5, 0.6) is 0 Å². The molecule has 0 aromatic carbocycles. The van der Waals surface area contributed by atoms with Crippen LogP contribution in [0.3, 0.4) is 0 Å². The molecule has 0 spiro atoms. The van der Waals surface area contributed by atoms with E-state index in [4.69, 9.17) is 5.11 Å². The molecule has 112 valence electrons. The lowest BCUT2D eigenvalue weighted by Gasteiger charge is -2.38. The standard InChI is InChI=1S/C14H17N3O4/c18-12-4-3-11(15-16-12)14(21)17-9-1-2-10(17)6-8(5-9)7-13(19)20/h3-4,8-10H,1-2,5-7H2,(H,16,18)(H,19,20). The molecule has 1 aromatic rings. The zero-order valence-corrected chi connectivity index (χ0v) is 11.5. The first-order valence-corrected chi connectivity index (χ1v) is 7.15. The highest BCUT2D eigenvalue weighted by Gasteiger charge is 2.44. The lowest BCUT2D eigenvalue weighted by atomic mass is 9.88. The van der Waals surface area contributed by atoms with Crippen molar-refractivity contribution < 1.29 is 14.7 Å². The second-order valence-electron chi connectivity index (χ2n) is 5.84. The summed E-state index contributed by atoms with van der Waals surface area (Å²) in [5.74, 6) is -0.804. The summed E-state index contributed by atoms with van der Waals surface area (Å²) in [6.07, 6.45) is 3.47. The number of nitrogens with one attached hydrogen (secondary N) is 1. The van der Waals surface area contributed by atoms with Gasteiger partial charge in [-0.25, -0.2) is 5.10 Å². The lowest BCUT2D eigenvalue weighted by Crippen LogP contribution is -2.47. The smallest absolute Gasteiger partial charge is 0.303 e. The first-order chi connectivity index (χ1) is 10.0. The number of aliphatic carboxylic acids is 1. The van der Waals surface area contributed by atoms with Crippen LogP contribution in [0.25, 0.3) is 0 Å². The van der Waals surface area contributed by atoms with Crippen molar-refractivity contribution in [3.8, 4) is 0 Å². The van der Waals surface area contributed by atoms with E-state index in [-0.39, 0.29) is 41.6 Å². The average molecular weight is 291 g/mol. The molecule has 2 unspecified atom stereocenters. The first-order valence-electron chi connectivity index (χ1n) is 7.15. The molecule has 0 aliphatic carbocycles. The summed E-state index contributed by atoms with van der Waals surface area (Å²) < 4.78 is 0. The van der Waals surface area contributed by atoms with Crippen LogP contribution in [-0.2, 0) is 4.79 Å². The third-order valence-electron chi connectivity index (χ3n) is 4.43. The van der Waals surface area contributed by atoms with Crippen molar-refractivity contribution in [2.45, 2.75) is 44.2 Å². The number of amides is 1. The van der Waals surface area contributed by atoms with E-state index in [1.807, 2.05) is 4.90 Å². The minimum Gasteiger partial charge on any atom is -0.481 e. The number of H-pyrrole nitrogens is 1. The quantitative estimate of drug-likeness (QED) is 0.850. The monoisotopic (exact) mass is 291 g/mol. The number of carboxylic acid groups (broad SMARTS) is 1. The summed E-state index contributed by atoms with van der Waals surface area (Å²) in [7, 11) is 0. The van der Waals surface area contributed by atoms with Gasteiger partial charge in [0.15, 0.2) is 0 Å². The van der Waals surface area contributed by atoms with Gasteiger partial charge in [-0.2, -0.15) is 5.10 Å². The summed E-state index contributed by atoms with van der Waals surface area (Å²) in [6.45, 7) is 0. The van der Waals surface area contributed by atoms with Gasteiger partial charge in [0.1, 0.15) is 5.69 Å². The maximum Gasteiger partial charge on any atom is 0.303 e. The molecule has 7 heteroatoms. The van der Waals surface area contributed by atoms with Gasteiger partial charge in [0.25, 0.3) is 11.5 Å². The van der Waals surface area contributed by atoms with E-state index < -0.39 is 5.97 Å². The molecule has 3 heterocycles. The van der Waals surface area contributed by atoms with E-state index in [1.165, 1.54) is 12.1 Å². The van der Waals surface area contributed by atoms with Gasteiger partial charge in [0.05, 0.1) is 0 Å². The fraction of sp³-hybridized carbons (Fsp3) is 0.571. The Kier molecular flexibility index (Phi) is 3.48. The Morgan fingerprint density at radius 3 is 2.48 bits per heavy atom. The summed E-state index contributed by atoms with van der Waals surface area (Å²) in [4.78, 5) is 36.2. The number of hydrogen-bond donors (Lipinski definition) is 2. The van der Waals surface area contributed by atoms with Gasteiger partial charge >= 0.3 is 5.97 Å². The van der Waals surface area contributed by atoms with Crippen LogP contribution in [0, 0.1) is 5.92 Å². The van der Waals surface area contributed by atoms with Crippen molar-refractivity contribution in [1.82, 2.24) is 15.1 Å². The molecule has 2 fully saturated rings. The molecule has 21 heavy (non-hydrogen) atoms. The van der Waals surface area contributed by atoms with E-state index in [2.05, 4.69) is 10.2 Å². The zero-order chi connectivity index (χ0) is 15.0. The van der Waals surface area contributed by atoms with Crippen LogP contribution in [-0.4, -0.2) is 44.2 Å². The number of piperidine rings is 1. The highest BCUT2D eigenvalue weighted by molar-refractivity contribution is 5.92. The third kappa shape index (κ3) is 2.68. The second kappa shape index (κ2) is 5.31. The minimum atomic E-state index is -0.776. The number of fused-ring (bicyclic) bond motifs is 2. The van der Waals surface area contributed by atoms with Gasteiger partial charge in [-0.05, 0) is 37.7 Å². The topological polar surface area (TPSA) is 103 Å². The summed E-state index contributed by atoms with van der Waals surface area (Å²) in [5, 5.41) is 15.0. The van der Waals surface area contributed by atoms with Crippen LogP contribution < -0.4 is 5.56 Å². The number of aromatic amines is 1. The van der Waals surface area contributed by atoms with Crippen LogP contribution >= 0.6 is 0 Å². The molecule has 2 aliphatic heterocycles. The van der Waals surface area contributed by atoms with E-state index in [1.54, 1.807) is 0 Å². The number of carbonyl (C=O) groups excluding carboxylic acids is 1. The molecule has 0 saturated carbocycles. The Morgan fingerprint density at radius 1 is 1.29 bits per heavy atom. The van der Waals surface area contributed by atoms with Crippen molar-refractivity contribution in [1.29, 1.82) is 0 Å². The first kappa shape index (κ1) is 13.8. The molecule has 2 bridgehead atoms. The SMILES string of the molecule is O=C(O)CC1CC2CCC(C1)N2C(=O)c1ccc(=O)[nH]n1. The van der Waals surface area contributed by atoms with E-state index in [9.17, 15) is 14.4 Å². The van der Waals surface area contributed by atoms with Crippen LogP contribution in [0.1, 0.15) is 42.6 Å². The predicted octanol–water partition coefficient (Wildman–Crippen LogP) is 0.628. The number of hydrogen-bond acceptors (Lipinski definition) is 4. The highest BCUT2D eigenvalue weighted by Crippen LogP contribution is 2.40. The fourth-order valence-electron chi connectivity index (χ4n) is 3.63. The Labute approximate surface area is 121 Å². The number of rotatable bonds is 3. The average Bonchev–Trinajstić information content (AvgIpc) is 2.70. The molecular weight excluding hydrogens is 274 g/mol. The second-order valence-corrected chi connectivity index (χ2v) is 5.84. The number of carbonyl (C=O) groups is 2. The molecule has 2 atom stereocenters. The van der Waals surface area contributed by atoms with E-state index in [0.717, 1.165) is 25.7 Å². The van der Waals surface area contributed by atoms with Gasteiger partial charge < -0.3 is 10.0 Å². The Hall–Kier alpha value is -2.18. The number of carboxylic acids is 1. The van der Waals surface area contributed by atoms with Gasteiger partial charge in [-0.15, -0.1) is 0 Å². The summed E-state index contributed by atoms with van der Waals surface area (Å²) in [5.41, 5.74) is -0.0992. The van der Waals surface area contributed by atoms with Crippen LogP contribution in [0.4, 0.5) is 0 Å². The third-order valence-corrected chi connectivity index (χ3v) is 4.43. The molecule has 3 rings (SSSR count). The van der Waals surface area contributed by atoms with Gasteiger partial charge in [0.2, 0.25) is 0 Å². The van der Waals surface area contributed by atoms with Crippen molar-refractivity contribution in [3.63, 3.8) is 0 Å². The normalized spacial score (nSPS) is 27.6. The van der Waals surface area contributed by atoms with Crippen molar-refractivity contribution in [3.05, 3.63) is 28.2 Å². The molecule has 1 amide bonds. The number of aromatic nitrogens is 2. The fourth-order valence-corrected chi connectivity index (χ4v) is 3.63. The lowest BCUT2D eigenvalue weighted by molar-refractivity contribution is -0.138.